The van der Waals surface area contributed by atoms with Crippen molar-refractivity contribution in [2.45, 2.75) is 32.4 Å². The lowest BCUT2D eigenvalue weighted by atomic mass is 10.3. The van der Waals surface area contributed by atoms with Gasteiger partial charge in [-0.2, -0.15) is 0 Å². The molecule has 122 valence electrons. The predicted octanol–water partition coefficient (Wildman–Crippen LogP) is -0.562. The lowest BCUT2D eigenvalue weighted by Crippen LogP contribution is -2.51. The summed E-state index contributed by atoms with van der Waals surface area (Å²) in [7, 11) is -3.36. The van der Waals surface area contributed by atoms with Crippen LogP contribution in [-0.2, 0) is 19.4 Å². The van der Waals surface area contributed by atoms with E-state index in [9.17, 15) is 18.0 Å². The summed E-state index contributed by atoms with van der Waals surface area (Å²) in [6.07, 6.45) is 0. The molecule has 0 unspecified atom stereocenters. The number of hydrogen-bond donors (Lipinski definition) is 1. The van der Waals surface area contributed by atoms with Crippen LogP contribution < -0.4 is 5.32 Å². The largest absolute Gasteiger partial charge is 0.341 e. The van der Waals surface area contributed by atoms with Crippen molar-refractivity contribution in [1.29, 1.82) is 0 Å². The number of piperazine rings is 1. The van der Waals surface area contributed by atoms with Crippen LogP contribution in [0.5, 0.6) is 0 Å². The van der Waals surface area contributed by atoms with E-state index in [4.69, 9.17) is 0 Å². The molecule has 0 atom stereocenters. The van der Waals surface area contributed by atoms with Gasteiger partial charge in [0, 0.05) is 33.1 Å². The molecule has 1 heterocycles. The summed E-state index contributed by atoms with van der Waals surface area (Å²) in [5.41, 5.74) is 0. The van der Waals surface area contributed by atoms with E-state index >= 15 is 0 Å². The van der Waals surface area contributed by atoms with Gasteiger partial charge in [0.25, 0.3) is 0 Å². The average molecular weight is 319 g/mol. The summed E-state index contributed by atoms with van der Waals surface area (Å²) in [6.45, 7) is 8.95. The smallest absolute Gasteiger partial charge is 0.234 e. The van der Waals surface area contributed by atoms with Crippen molar-refractivity contribution in [3.8, 4) is 0 Å². The molecule has 0 radical (unpaired) electrons. The van der Waals surface area contributed by atoms with Crippen molar-refractivity contribution in [2.24, 2.45) is 0 Å². The highest BCUT2D eigenvalue weighted by atomic mass is 32.2. The Labute approximate surface area is 126 Å². The third-order valence-electron chi connectivity index (χ3n) is 3.58. The van der Waals surface area contributed by atoms with Crippen LogP contribution in [0.25, 0.3) is 0 Å². The highest BCUT2D eigenvalue weighted by Gasteiger charge is 2.29. The standard InChI is InChI=1S/C13H25N3O4S/c1-11(17)16-7-5-15(6-8-16)9-12(18)14-10-21(19,20)13(2,3)4/h5-10H2,1-4H3,(H,14,18). The van der Waals surface area contributed by atoms with Crippen LogP contribution >= 0.6 is 0 Å². The summed E-state index contributed by atoms with van der Waals surface area (Å²) in [6, 6.07) is 0. The van der Waals surface area contributed by atoms with Crippen LogP contribution in [0.4, 0.5) is 0 Å². The molecular formula is C13H25N3O4S. The first-order chi connectivity index (χ1) is 9.53. The van der Waals surface area contributed by atoms with Crippen LogP contribution in [0.15, 0.2) is 0 Å². The molecule has 2 amide bonds. The SMILES string of the molecule is CC(=O)N1CCN(CC(=O)NCS(=O)(=O)C(C)(C)C)CC1. The van der Waals surface area contributed by atoms with Crippen LogP contribution in [0.2, 0.25) is 0 Å². The molecule has 8 heteroatoms. The fourth-order valence-electron chi connectivity index (χ4n) is 1.87. The molecule has 21 heavy (non-hydrogen) atoms. The van der Waals surface area contributed by atoms with Crippen molar-refractivity contribution >= 4 is 21.7 Å². The zero-order chi connectivity index (χ0) is 16.3. The van der Waals surface area contributed by atoms with Crippen molar-refractivity contribution < 1.29 is 18.0 Å². The molecule has 0 aromatic rings. The fraction of sp³-hybridized carbons (Fsp3) is 0.846. The van der Waals surface area contributed by atoms with Crippen molar-refractivity contribution in [1.82, 2.24) is 15.1 Å². The van der Waals surface area contributed by atoms with Crippen LogP contribution in [-0.4, -0.2) is 73.4 Å². The second-order valence-electron chi connectivity index (χ2n) is 6.25. The Morgan fingerprint density at radius 2 is 1.62 bits per heavy atom. The van der Waals surface area contributed by atoms with Gasteiger partial charge >= 0.3 is 0 Å². The number of sulfone groups is 1. The first kappa shape index (κ1) is 17.9. The third kappa shape index (κ3) is 5.28. The topological polar surface area (TPSA) is 86.8 Å². The maximum atomic E-state index is 11.9. The Kier molecular flexibility index (Phi) is 5.75. The summed E-state index contributed by atoms with van der Waals surface area (Å²) in [5, 5.41) is 2.46. The molecule has 0 aromatic carbocycles. The van der Waals surface area contributed by atoms with Crippen LogP contribution in [0.1, 0.15) is 27.7 Å². The summed E-state index contributed by atoms with van der Waals surface area (Å²) in [5.74, 6) is -0.614. The minimum atomic E-state index is -3.36. The highest BCUT2D eigenvalue weighted by Crippen LogP contribution is 2.14. The molecule has 0 aliphatic carbocycles. The molecule has 1 saturated heterocycles. The maximum Gasteiger partial charge on any atom is 0.234 e. The van der Waals surface area contributed by atoms with E-state index in [1.54, 1.807) is 25.7 Å². The number of nitrogens with one attached hydrogen (secondary N) is 1. The van der Waals surface area contributed by atoms with Gasteiger partial charge in [0.1, 0.15) is 5.88 Å². The predicted molar refractivity (Wildman–Crippen MR) is 80.4 cm³/mol. The highest BCUT2D eigenvalue weighted by molar-refractivity contribution is 7.92. The monoisotopic (exact) mass is 319 g/mol. The van der Waals surface area contributed by atoms with E-state index < -0.39 is 14.6 Å². The Hall–Kier alpha value is -1.15. The molecule has 0 aromatic heterocycles. The quantitative estimate of drug-likeness (QED) is 0.750. The number of rotatable bonds is 4. The van der Waals surface area contributed by atoms with E-state index in [0.717, 1.165) is 0 Å². The number of amides is 2. The van der Waals surface area contributed by atoms with Crippen molar-refractivity contribution in [3.63, 3.8) is 0 Å². The number of carbonyl (C=O) groups is 2. The molecule has 0 spiro atoms. The van der Waals surface area contributed by atoms with Gasteiger partial charge in [-0.15, -0.1) is 0 Å². The Balaban J connectivity index is 2.38. The summed E-state index contributed by atoms with van der Waals surface area (Å²) < 4.78 is 22.9. The molecule has 0 saturated carbocycles. The first-order valence-electron chi connectivity index (χ1n) is 7.00. The van der Waals surface area contributed by atoms with E-state index in [0.29, 0.717) is 26.2 Å². The Bertz CT molecular complexity index is 488. The third-order valence-corrected chi connectivity index (χ3v) is 5.97. The zero-order valence-electron chi connectivity index (χ0n) is 13.2. The number of carbonyl (C=O) groups excluding carboxylic acids is 2. The van der Waals surface area contributed by atoms with Gasteiger partial charge < -0.3 is 10.2 Å². The Morgan fingerprint density at radius 1 is 1.10 bits per heavy atom. The molecule has 1 aliphatic rings. The normalized spacial score (nSPS) is 17.6. The van der Waals surface area contributed by atoms with Gasteiger partial charge in [0.15, 0.2) is 9.84 Å². The first-order valence-corrected chi connectivity index (χ1v) is 8.65. The molecule has 1 aliphatic heterocycles. The summed E-state index contributed by atoms with van der Waals surface area (Å²) in [4.78, 5) is 26.6. The molecule has 1 fully saturated rings. The molecular weight excluding hydrogens is 294 g/mol. The summed E-state index contributed by atoms with van der Waals surface area (Å²) >= 11 is 0. The maximum absolute atomic E-state index is 11.9. The van der Waals surface area contributed by atoms with Gasteiger partial charge in [0.05, 0.1) is 11.3 Å². The Morgan fingerprint density at radius 3 is 2.05 bits per heavy atom. The number of nitrogens with zero attached hydrogens (tertiary/aromatic N) is 2. The van der Waals surface area contributed by atoms with Crippen LogP contribution in [0.3, 0.4) is 0 Å². The minimum Gasteiger partial charge on any atom is -0.341 e. The van der Waals surface area contributed by atoms with E-state index in [-0.39, 0.29) is 24.2 Å². The second-order valence-corrected chi connectivity index (χ2v) is 9.00. The fourth-order valence-corrected chi connectivity index (χ4v) is 2.66. The van der Waals surface area contributed by atoms with Gasteiger partial charge in [-0.3, -0.25) is 14.5 Å². The van der Waals surface area contributed by atoms with Crippen molar-refractivity contribution in [2.75, 3.05) is 38.6 Å². The molecule has 1 rings (SSSR count). The van der Waals surface area contributed by atoms with Gasteiger partial charge in [-0.25, -0.2) is 8.42 Å². The minimum absolute atomic E-state index is 0.0374. The van der Waals surface area contributed by atoms with Gasteiger partial charge in [-0.1, -0.05) is 0 Å². The molecule has 1 N–H and O–H groups in total. The van der Waals surface area contributed by atoms with Crippen LogP contribution in [0, 0.1) is 0 Å². The van der Waals surface area contributed by atoms with Gasteiger partial charge in [-0.05, 0) is 20.8 Å². The molecule has 0 bridgehead atoms. The second kappa shape index (κ2) is 6.74. The molecule has 7 nitrogen and oxygen atoms in total. The number of hydrogen-bond acceptors (Lipinski definition) is 5. The lowest BCUT2D eigenvalue weighted by molar-refractivity contribution is -0.130. The zero-order valence-corrected chi connectivity index (χ0v) is 14.0. The average Bonchev–Trinajstić information content (AvgIpc) is 2.36. The lowest BCUT2D eigenvalue weighted by Gasteiger charge is -2.33. The van der Waals surface area contributed by atoms with E-state index in [1.807, 2.05) is 4.90 Å². The van der Waals surface area contributed by atoms with Gasteiger partial charge in [0.2, 0.25) is 11.8 Å². The van der Waals surface area contributed by atoms with E-state index in [2.05, 4.69) is 5.32 Å². The van der Waals surface area contributed by atoms with E-state index in [1.165, 1.54) is 6.92 Å². The van der Waals surface area contributed by atoms with Crippen molar-refractivity contribution in [3.05, 3.63) is 0 Å².